The van der Waals surface area contributed by atoms with Gasteiger partial charge in [-0.05, 0) is 62.4 Å². The fourth-order valence-corrected chi connectivity index (χ4v) is 4.12. The second kappa shape index (κ2) is 11.4. The summed E-state index contributed by atoms with van der Waals surface area (Å²) in [4.78, 5) is 4.81. The molecular formula is C26H38N2O2. The van der Waals surface area contributed by atoms with Crippen molar-refractivity contribution in [3.63, 3.8) is 0 Å². The molecule has 164 valence electrons. The number of aliphatic hydroxyl groups is 1. The Morgan fingerprint density at radius 3 is 2.33 bits per heavy atom. The van der Waals surface area contributed by atoms with E-state index < -0.39 is 5.60 Å². The minimum absolute atomic E-state index is 0.552. The Bertz CT molecular complexity index is 724. The first-order valence-corrected chi connectivity index (χ1v) is 11.6. The maximum atomic E-state index is 11.1. The van der Waals surface area contributed by atoms with Gasteiger partial charge in [0, 0.05) is 38.4 Å². The number of nitrogens with zero attached hydrogens (tertiary/aromatic N) is 2. The van der Waals surface area contributed by atoms with Gasteiger partial charge in [-0.25, -0.2) is 0 Å². The van der Waals surface area contributed by atoms with Crippen LogP contribution < -0.4 is 9.64 Å². The highest BCUT2D eigenvalue weighted by molar-refractivity contribution is 5.49. The van der Waals surface area contributed by atoms with Crippen molar-refractivity contribution < 1.29 is 9.84 Å². The molecule has 0 saturated carbocycles. The zero-order valence-corrected chi connectivity index (χ0v) is 18.7. The van der Waals surface area contributed by atoms with Gasteiger partial charge in [0.2, 0.25) is 0 Å². The number of likely N-dealkylation sites (tertiary alicyclic amines) is 1. The van der Waals surface area contributed by atoms with Gasteiger partial charge in [0.25, 0.3) is 0 Å². The molecule has 0 atom stereocenters. The van der Waals surface area contributed by atoms with Crippen LogP contribution in [0.4, 0.5) is 5.69 Å². The topological polar surface area (TPSA) is 35.9 Å². The van der Waals surface area contributed by atoms with Crippen LogP contribution in [0.3, 0.4) is 0 Å². The summed E-state index contributed by atoms with van der Waals surface area (Å²) in [6.07, 6.45) is 4.75. The number of rotatable bonds is 11. The lowest BCUT2D eigenvalue weighted by Gasteiger charge is -2.39. The average molecular weight is 411 g/mol. The second-order valence-corrected chi connectivity index (χ2v) is 8.51. The Hall–Kier alpha value is -2.04. The lowest BCUT2D eigenvalue weighted by molar-refractivity contribution is -0.0276. The number of piperidine rings is 1. The maximum absolute atomic E-state index is 11.1. The van der Waals surface area contributed by atoms with E-state index in [-0.39, 0.29) is 0 Å². The largest absolute Gasteiger partial charge is 0.494 e. The minimum atomic E-state index is -0.552. The Morgan fingerprint density at radius 2 is 1.70 bits per heavy atom. The summed E-state index contributed by atoms with van der Waals surface area (Å²) in [5.74, 6) is 0.938. The molecule has 1 heterocycles. The number of hydrogen-bond acceptors (Lipinski definition) is 4. The van der Waals surface area contributed by atoms with Crippen molar-refractivity contribution >= 4 is 5.69 Å². The average Bonchev–Trinajstić information content (AvgIpc) is 2.78. The molecule has 2 aromatic rings. The molecular weight excluding hydrogens is 372 g/mol. The van der Waals surface area contributed by atoms with E-state index in [1.807, 2.05) is 0 Å². The third-order valence-electron chi connectivity index (χ3n) is 6.23. The van der Waals surface area contributed by atoms with E-state index in [0.717, 1.165) is 77.2 Å². The van der Waals surface area contributed by atoms with E-state index in [1.54, 1.807) is 0 Å². The summed E-state index contributed by atoms with van der Waals surface area (Å²) >= 11 is 0. The molecule has 3 rings (SSSR count). The molecule has 1 saturated heterocycles. The lowest BCUT2D eigenvalue weighted by Crippen LogP contribution is -2.45. The number of benzene rings is 2. The van der Waals surface area contributed by atoms with E-state index in [4.69, 9.17) is 4.74 Å². The Morgan fingerprint density at radius 1 is 1.00 bits per heavy atom. The molecule has 30 heavy (non-hydrogen) atoms. The summed E-state index contributed by atoms with van der Waals surface area (Å²) in [7, 11) is 0. The van der Waals surface area contributed by atoms with Crippen LogP contribution in [0.2, 0.25) is 0 Å². The van der Waals surface area contributed by atoms with Crippen molar-refractivity contribution in [3.8, 4) is 5.75 Å². The lowest BCUT2D eigenvalue weighted by atomic mass is 9.87. The highest BCUT2D eigenvalue weighted by Gasteiger charge is 2.32. The van der Waals surface area contributed by atoms with Crippen molar-refractivity contribution in [1.82, 2.24) is 4.90 Å². The van der Waals surface area contributed by atoms with Gasteiger partial charge in [-0.1, -0.05) is 43.7 Å². The first-order chi connectivity index (χ1) is 14.6. The molecule has 4 nitrogen and oxygen atoms in total. The Kier molecular flexibility index (Phi) is 8.59. The van der Waals surface area contributed by atoms with Gasteiger partial charge in [-0.15, -0.1) is 0 Å². The van der Waals surface area contributed by atoms with Crippen molar-refractivity contribution in [2.75, 3.05) is 37.7 Å². The first kappa shape index (κ1) is 22.6. The van der Waals surface area contributed by atoms with Crippen LogP contribution in [-0.4, -0.2) is 48.4 Å². The zero-order chi connectivity index (χ0) is 21.2. The van der Waals surface area contributed by atoms with Crippen molar-refractivity contribution in [2.45, 2.75) is 58.1 Å². The zero-order valence-electron chi connectivity index (χ0n) is 18.7. The SMILES string of the molecule is CCCCOc1ccc(N(CC)CCC2(O)CCN(Cc3ccccc3)CC2)cc1. The van der Waals surface area contributed by atoms with Gasteiger partial charge in [0.1, 0.15) is 5.75 Å². The molecule has 0 aliphatic carbocycles. The van der Waals surface area contributed by atoms with Gasteiger partial charge < -0.3 is 14.7 Å². The van der Waals surface area contributed by atoms with E-state index in [0.29, 0.717) is 0 Å². The van der Waals surface area contributed by atoms with Gasteiger partial charge in [-0.3, -0.25) is 4.90 Å². The standard InChI is InChI=1S/C26H38N2O2/c1-3-5-21-30-25-13-11-24(12-14-25)28(4-2)20-17-26(29)15-18-27(19-16-26)22-23-9-7-6-8-10-23/h6-14,29H,3-5,15-22H2,1-2H3. The highest BCUT2D eigenvalue weighted by Crippen LogP contribution is 2.28. The maximum Gasteiger partial charge on any atom is 0.119 e. The van der Waals surface area contributed by atoms with Crippen LogP contribution in [0.25, 0.3) is 0 Å². The Balaban J connectivity index is 1.46. The molecule has 0 amide bonds. The Labute approximate surface area is 182 Å². The summed E-state index contributed by atoms with van der Waals surface area (Å²) in [6.45, 7) is 9.84. The monoisotopic (exact) mass is 410 g/mol. The third-order valence-corrected chi connectivity index (χ3v) is 6.23. The molecule has 1 aliphatic heterocycles. The van der Waals surface area contributed by atoms with Crippen LogP contribution >= 0.6 is 0 Å². The number of ether oxygens (including phenoxy) is 1. The van der Waals surface area contributed by atoms with Crippen molar-refractivity contribution in [3.05, 3.63) is 60.2 Å². The van der Waals surface area contributed by atoms with Gasteiger partial charge in [0.15, 0.2) is 0 Å². The summed E-state index contributed by atoms with van der Waals surface area (Å²) in [6, 6.07) is 19.0. The van der Waals surface area contributed by atoms with E-state index >= 15 is 0 Å². The normalized spacial score (nSPS) is 16.4. The number of unbranched alkanes of at least 4 members (excludes halogenated alkanes) is 1. The molecule has 0 aromatic heterocycles. The number of anilines is 1. The molecule has 0 radical (unpaired) electrons. The fourth-order valence-electron chi connectivity index (χ4n) is 4.12. The second-order valence-electron chi connectivity index (χ2n) is 8.51. The van der Waals surface area contributed by atoms with Gasteiger partial charge >= 0.3 is 0 Å². The first-order valence-electron chi connectivity index (χ1n) is 11.6. The summed E-state index contributed by atoms with van der Waals surface area (Å²) < 4.78 is 5.78. The van der Waals surface area contributed by atoms with Crippen molar-refractivity contribution in [2.24, 2.45) is 0 Å². The molecule has 0 spiro atoms. The predicted octanol–water partition coefficient (Wildman–Crippen LogP) is 5.11. The predicted molar refractivity (Wildman–Crippen MR) is 125 cm³/mol. The molecule has 2 aromatic carbocycles. The molecule has 0 unspecified atom stereocenters. The quantitative estimate of drug-likeness (QED) is 0.522. The fraction of sp³-hybridized carbons (Fsp3) is 0.538. The summed E-state index contributed by atoms with van der Waals surface area (Å²) in [5.41, 5.74) is 2.00. The molecule has 4 heteroatoms. The highest BCUT2D eigenvalue weighted by atomic mass is 16.5. The molecule has 1 aliphatic rings. The van der Waals surface area contributed by atoms with Gasteiger partial charge in [-0.2, -0.15) is 0 Å². The summed E-state index contributed by atoms with van der Waals surface area (Å²) in [5, 5.41) is 11.1. The van der Waals surface area contributed by atoms with Crippen molar-refractivity contribution in [1.29, 1.82) is 0 Å². The molecule has 1 N–H and O–H groups in total. The van der Waals surface area contributed by atoms with Crippen LogP contribution in [0.15, 0.2) is 54.6 Å². The number of hydrogen-bond donors (Lipinski definition) is 1. The van der Waals surface area contributed by atoms with Crippen LogP contribution in [0.5, 0.6) is 5.75 Å². The van der Waals surface area contributed by atoms with Gasteiger partial charge in [0.05, 0.1) is 12.2 Å². The van der Waals surface area contributed by atoms with Crippen LogP contribution in [0, 0.1) is 0 Å². The molecule has 0 bridgehead atoms. The van der Waals surface area contributed by atoms with E-state index in [2.05, 4.69) is 78.2 Å². The molecule has 1 fully saturated rings. The smallest absolute Gasteiger partial charge is 0.119 e. The van der Waals surface area contributed by atoms with E-state index in [1.165, 1.54) is 11.3 Å². The minimum Gasteiger partial charge on any atom is -0.494 e. The van der Waals surface area contributed by atoms with Crippen LogP contribution in [-0.2, 0) is 6.54 Å². The van der Waals surface area contributed by atoms with E-state index in [9.17, 15) is 5.11 Å². The van der Waals surface area contributed by atoms with Crippen LogP contribution in [0.1, 0.15) is 51.5 Å². The third kappa shape index (κ3) is 6.75.